The molecule has 0 radical (unpaired) electrons. The van der Waals surface area contributed by atoms with Crippen LogP contribution in [0.5, 0.6) is 0 Å². The first-order valence-electron chi connectivity index (χ1n) is 4.62. The van der Waals surface area contributed by atoms with Crippen molar-refractivity contribution in [3.63, 3.8) is 0 Å². The van der Waals surface area contributed by atoms with E-state index in [-0.39, 0.29) is 6.61 Å². The molecule has 1 nitrogen and oxygen atoms in total. The molecular weight excluding hydrogens is 136 g/mol. The highest BCUT2D eigenvalue weighted by molar-refractivity contribution is 5.04. The molecule has 1 heteroatoms. The van der Waals surface area contributed by atoms with Crippen LogP contribution < -0.4 is 0 Å². The molecule has 0 spiro atoms. The Labute approximate surface area is 69.1 Å². The minimum absolute atomic E-state index is 0.211. The molecule has 0 aromatic carbocycles. The van der Waals surface area contributed by atoms with Gasteiger partial charge in [-0.3, -0.25) is 0 Å². The first kappa shape index (κ1) is 8.79. The Balaban J connectivity index is 2.38. The summed E-state index contributed by atoms with van der Waals surface area (Å²) in [7, 11) is 0. The summed E-state index contributed by atoms with van der Waals surface area (Å²) in [5, 5.41) is 8.69. The lowest BCUT2D eigenvalue weighted by atomic mass is 9.84. The number of aliphatic hydroxyl groups is 1. The topological polar surface area (TPSA) is 20.2 Å². The fourth-order valence-corrected chi connectivity index (χ4v) is 1.87. The van der Waals surface area contributed by atoms with Gasteiger partial charge in [0.05, 0.1) is 6.61 Å². The van der Waals surface area contributed by atoms with Gasteiger partial charge in [0.15, 0.2) is 0 Å². The maximum Gasteiger partial charge on any atom is 0.0615 e. The van der Waals surface area contributed by atoms with Crippen molar-refractivity contribution >= 4 is 0 Å². The monoisotopic (exact) mass is 154 g/mol. The minimum atomic E-state index is 0.211. The molecule has 0 aliphatic heterocycles. The minimum Gasteiger partial charge on any atom is -0.392 e. The van der Waals surface area contributed by atoms with Crippen LogP contribution in [0, 0.1) is 5.92 Å². The van der Waals surface area contributed by atoms with Gasteiger partial charge < -0.3 is 5.11 Å². The van der Waals surface area contributed by atoms with Gasteiger partial charge in [0.2, 0.25) is 0 Å². The van der Waals surface area contributed by atoms with E-state index in [1.165, 1.54) is 37.7 Å². The van der Waals surface area contributed by atoms with Crippen molar-refractivity contribution in [2.45, 2.75) is 39.0 Å². The second-order valence-corrected chi connectivity index (χ2v) is 3.47. The Morgan fingerprint density at radius 2 is 2.00 bits per heavy atom. The third-order valence-corrected chi connectivity index (χ3v) is 2.66. The average molecular weight is 154 g/mol. The van der Waals surface area contributed by atoms with E-state index in [1.807, 2.05) is 6.08 Å². The van der Waals surface area contributed by atoms with Crippen LogP contribution >= 0.6 is 0 Å². The van der Waals surface area contributed by atoms with Crippen molar-refractivity contribution < 1.29 is 5.11 Å². The lowest BCUT2D eigenvalue weighted by Gasteiger charge is -2.22. The van der Waals surface area contributed by atoms with Gasteiger partial charge in [-0.05, 0) is 25.7 Å². The summed E-state index contributed by atoms with van der Waals surface area (Å²) in [5.74, 6) is 0.774. The normalized spacial score (nSPS) is 22.2. The van der Waals surface area contributed by atoms with Crippen LogP contribution in [0.1, 0.15) is 39.0 Å². The number of allylic oxidation sites excluding steroid dienone is 1. The van der Waals surface area contributed by atoms with Crippen LogP contribution in [0.3, 0.4) is 0 Å². The molecule has 0 atom stereocenters. The molecule has 0 aromatic rings. The van der Waals surface area contributed by atoms with E-state index in [4.69, 9.17) is 5.11 Å². The Bertz CT molecular complexity index is 132. The van der Waals surface area contributed by atoms with Gasteiger partial charge in [0, 0.05) is 0 Å². The molecule has 0 bridgehead atoms. The third kappa shape index (κ3) is 2.66. The zero-order valence-electron chi connectivity index (χ0n) is 7.34. The number of hydrogen-bond donors (Lipinski definition) is 1. The SMILES string of the molecule is C/C(=C\CO)C1CCCCC1. The molecule has 1 N–H and O–H groups in total. The van der Waals surface area contributed by atoms with Crippen molar-refractivity contribution in [1.29, 1.82) is 0 Å². The van der Waals surface area contributed by atoms with E-state index >= 15 is 0 Å². The van der Waals surface area contributed by atoms with Crippen LogP contribution in [0.15, 0.2) is 11.6 Å². The molecule has 1 saturated carbocycles. The Morgan fingerprint density at radius 3 is 2.55 bits per heavy atom. The van der Waals surface area contributed by atoms with Gasteiger partial charge in [-0.1, -0.05) is 30.9 Å². The molecule has 0 heterocycles. The van der Waals surface area contributed by atoms with Gasteiger partial charge in [-0.25, -0.2) is 0 Å². The second kappa shape index (κ2) is 4.55. The zero-order chi connectivity index (χ0) is 8.10. The fourth-order valence-electron chi connectivity index (χ4n) is 1.87. The zero-order valence-corrected chi connectivity index (χ0v) is 7.34. The molecule has 64 valence electrons. The van der Waals surface area contributed by atoms with Crippen molar-refractivity contribution in [2.75, 3.05) is 6.61 Å². The first-order chi connectivity index (χ1) is 5.34. The van der Waals surface area contributed by atoms with Crippen molar-refractivity contribution in [3.05, 3.63) is 11.6 Å². The van der Waals surface area contributed by atoms with E-state index in [2.05, 4.69) is 6.92 Å². The summed E-state index contributed by atoms with van der Waals surface area (Å²) < 4.78 is 0. The quantitative estimate of drug-likeness (QED) is 0.606. The summed E-state index contributed by atoms with van der Waals surface area (Å²) in [6.45, 7) is 2.36. The van der Waals surface area contributed by atoms with Gasteiger partial charge in [0.25, 0.3) is 0 Å². The molecule has 11 heavy (non-hydrogen) atoms. The molecular formula is C10H18O. The van der Waals surface area contributed by atoms with Crippen LogP contribution in [0.25, 0.3) is 0 Å². The Hall–Kier alpha value is -0.300. The third-order valence-electron chi connectivity index (χ3n) is 2.66. The lowest BCUT2D eigenvalue weighted by Crippen LogP contribution is -2.07. The van der Waals surface area contributed by atoms with Gasteiger partial charge in [0.1, 0.15) is 0 Å². The van der Waals surface area contributed by atoms with Gasteiger partial charge in [-0.2, -0.15) is 0 Å². The van der Waals surface area contributed by atoms with Crippen molar-refractivity contribution in [2.24, 2.45) is 5.92 Å². The van der Waals surface area contributed by atoms with Crippen molar-refractivity contribution in [1.82, 2.24) is 0 Å². The van der Waals surface area contributed by atoms with Crippen molar-refractivity contribution in [3.8, 4) is 0 Å². The van der Waals surface area contributed by atoms with Gasteiger partial charge in [-0.15, -0.1) is 0 Å². The second-order valence-electron chi connectivity index (χ2n) is 3.47. The smallest absolute Gasteiger partial charge is 0.0615 e. The van der Waals surface area contributed by atoms with Crippen LogP contribution in [0.2, 0.25) is 0 Å². The summed E-state index contributed by atoms with van der Waals surface area (Å²) in [5.41, 5.74) is 1.40. The van der Waals surface area contributed by atoms with Crippen LogP contribution in [-0.4, -0.2) is 11.7 Å². The van der Waals surface area contributed by atoms with E-state index < -0.39 is 0 Å². The van der Waals surface area contributed by atoms with Gasteiger partial charge >= 0.3 is 0 Å². The largest absolute Gasteiger partial charge is 0.392 e. The number of aliphatic hydroxyl groups excluding tert-OH is 1. The number of hydrogen-bond acceptors (Lipinski definition) is 1. The maximum atomic E-state index is 8.69. The average Bonchev–Trinajstić information content (AvgIpc) is 2.07. The predicted molar refractivity (Wildman–Crippen MR) is 47.4 cm³/mol. The first-order valence-corrected chi connectivity index (χ1v) is 4.62. The summed E-state index contributed by atoms with van der Waals surface area (Å²) in [4.78, 5) is 0. The molecule has 0 amide bonds. The molecule has 1 aliphatic rings. The summed E-state index contributed by atoms with van der Waals surface area (Å²) in [6, 6.07) is 0. The van der Waals surface area contributed by atoms with Crippen LogP contribution in [0.4, 0.5) is 0 Å². The molecule has 1 rings (SSSR count). The van der Waals surface area contributed by atoms with E-state index in [9.17, 15) is 0 Å². The number of rotatable bonds is 2. The molecule has 0 saturated heterocycles. The predicted octanol–water partition coefficient (Wildman–Crippen LogP) is 2.51. The summed E-state index contributed by atoms with van der Waals surface area (Å²) >= 11 is 0. The molecule has 0 unspecified atom stereocenters. The lowest BCUT2D eigenvalue weighted by molar-refractivity contribution is 0.337. The van der Waals surface area contributed by atoms with Crippen LogP contribution in [-0.2, 0) is 0 Å². The highest BCUT2D eigenvalue weighted by atomic mass is 16.2. The highest BCUT2D eigenvalue weighted by Gasteiger charge is 2.13. The summed E-state index contributed by atoms with van der Waals surface area (Å²) in [6.07, 6.45) is 8.78. The molecule has 0 aromatic heterocycles. The molecule has 1 aliphatic carbocycles. The highest BCUT2D eigenvalue weighted by Crippen LogP contribution is 2.28. The maximum absolute atomic E-state index is 8.69. The van der Waals surface area contributed by atoms with E-state index in [0.717, 1.165) is 5.92 Å². The Kier molecular flexibility index (Phi) is 3.64. The fraction of sp³-hybridized carbons (Fsp3) is 0.800. The van der Waals surface area contributed by atoms with E-state index in [0.29, 0.717) is 0 Å². The standard InChI is InChI=1S/C10H18O/c1-9(7-8-11)10-5-3-2-4-6-10/h7,10-11H,2-6,8H2,1H3/b9-7+. The molecule has 1 fully saturated rings. The van der Waals surface area contributed by atoms with E-state index in [1.54, 1.807) is 0 Å². The Morgan fingerprint density at radius 1 is 1.36 bits per heavy atom.